The van der Waals surface area contributed by atoms with Crippen LogP contribution in [0.3, 0.4) is 0 Å². The lowest BCUT2D eigenvalue weighted by Crippen LogP contribution is -2.40. The average molecular weight is 176 g/mol. The zero-order valence-corrected chi connectivity index (χ0v) is 6.46. The Morgan fingerprint density at radius 2 is 2.25 bits per heavy atom. The molecule has 0 fully saturated rings. The van der Waals surface area contributed by atoms with Crippen molar-refractivity contribution in [2.75, 3.05) is 0 Å². The van der Waals surface area contributed by atoms with Crippen molar-refractivity contribution < 1.29 is 18.7 Å². The number of aliphatic hydroxyl groups excluding tert-OH is 1. The number of hydrogen-bond donors (Lipinski definition) is 1. The first-order valence-electron chi connectivity index (χ1n) is 3.81. The summed E-state index contributed by atoms with van der Waals surface area (Å²) in [7, 11) is 0. The Morgan fingerprint density at radius 1 is 1.58 bits per heavy atom. The van der Waals surface area contributed by atoms with Crippen LogP contribution in [0.2, 0.25) is 0 Å². The van der Waals surface area contributed by atoms with Crippen LogP contribution in [0.5, 0.6) is 0 Å². The van der Waals surface area contributed by atoms with Gasteiger partial charge in [-0.2, -0.15) is 8.78 Å². The van der Waals surface area contributed by atoms with E-state index in [1.54, 1.807) is 0 Å². The number of hydrogen-bond acceptors (Lipinski definition) is 2. The van der Waals surface area contributed by atoms with Gasteiger partial charge in [0.05, 0.1) is 0 Å². The second-order valence-corrected chi connectivity index (χ2v) is 2.81. The van der Waals surface area contributed by atoms with Gasteiger partial charge in [0, 0.05) is 6.42 Å². The van der Waals surface area contributed by atoms with Crippen molar-refractivity contribution in [1.29, 1.82) is 0 Å². The number of rotatable bonds is 0. The van der Waals surface area contributed by atoms with E-state index < -0.39 is 17.8 Å². The van der Waals surface area contributed by atoms with Gasteiger partial charge >= 0.3 is 5.92 Å². The summed E-state index contributed by atoms with van der Waals surface area (Å²) in [5.41, 5.74) is 0. The van der Waals surface area contributed by atoms with Crippen molar-refractivity contribution in [3.63, 3.8) is 0 Å². The number of ketones is 1. The molecule has 1 unspecified atom stereocenters. The van der Waals surface area contributed by atoms with Gasteiger partial charge in [-0.05, 0) is 12.8 Å². The molecule has 2 nitrogen and oxygen atoms in total. The minimum atomic E-state index is -3.60. The zero-order chi connectivity index (χ0) is 9.19. The Hall–Kier alpha value is -0.770. The highest BCUT2D eigenvalue weighted by atomic mass is 19.3. The third kappa shape index (κ3) is 1.69. The molecule has 0 heterocycles. The van der Waals surface area contributed by atoms with Crippen LogP contribution in [0.4, 0.5) is 8.78 Å². The molecule has 4 heteroatoms. The Kier molecular flexibility index (Phi) is 2.57. The molecular formula is C8H10F2O2. The SMILES string of the molecule is O=C1CCCC=CC(O)C1(F)F. The van der Waals surface area contributed by atoms with E-state index in [0.717, 1.165) is 6.08 Å². The summed E-state index contributed by atoms with van der Waals surface area (Å²) < 4.78 is 25.6. The molecule has 1 atom stereocenters. The molecule has 0 amide bonds. The third-order valence-corrected chi connectivity index (χ3v) is 1.84. The first-order valence-corrected chi connectivity index (χ1v) is 3.81. The van der Waals surface area contributed by atoms with Crippen LogP contribution < -0.4 is 0 Å². The molecular weight excluding hydrogens is 166 g/mol. The summed E-state index contributed by atoms with van der Waals surface area (Å²) in [6.45, 7) is 0. The fourth-order valence-electron chi connectivity index (χ4n) is 1.06. The second kappa shape index (κ2) is 3.31. The van der Waals surface area contributed by atoms with E-state index in [-0.39, 0.29) is 6.42 Å². The van der Waals surface area contributed by atoms with E-state index in [9.17, 15) is 13.6 Å². The van der Waals surface area contributed by atoms with Gasteiger partial charge in [0.25, 0.3) is 0 Å². The summed E-state index contributed by atoms with van der Waals surface area (Å²) in [6.07, 6.45) is 1.35. The van der Waals surface area contributed by atoms with E-state index in [0.29, 0.717) is 12.8 Å². The van der Waals surface area contributed by atoms with Gasteiger partial charge < -0.3 is 5.11 Å². The predicted molar refractivity (Wildman–Crippen MR) is 39.0 cm³/mol. The maximum absolute atomic E-state index is 12.8. The van der Waals surface area contributed by atoms with Crippen molar-refractivity contribution in [3.8, 4) is 0 Å². The van der Waals surface area contributed by atoms with Crippen molar-refractivity contribution in [3.05, 3.63) is 12.2 Å². The van der Waals surface area contributed by atoms with Crippen LogP contribution in [-0.2, 0) is 4.79 Å². The van der Waals surface area contributed by atoms with Crippen molar-refractivity contribution in [1.82, 2.24) is 0 Å². The first-order chi connectivity index (χ1) is 5.55. The van der Waals surface area contributed by atoms with Crippen molar-refractivity contribution >= 4 is 5.78 Å². The van der Waals surface area contributed by atoms with Gasteiger partial charge in [0.15, 0.2) is 0 Å². The molecule has 0 saturated carbocycles. The highest BCUT2D eigenvalue weighted by Crippen LogP contribution is 2.25. The summed E-state index contributed by atoms with van der Waals surface area (Å²) in [5, 5.41) is 8.85. The highest BCUT2D eigenvalue weighted by molar-refractivity contribution is 5.86. The number of carbonyl (C=O) groups is 1. The van der Waals surface area contributed by atoms with E-state index in [2.05, 4.69) is 0 Å². The summed E-state index contributed by atoms with van der Waals surface area (Å²) in [4.78, 5) is 10.8. The van der Waals surface area contributed by atoms with Gasteiger partial charge in [0.1, 0.15) is 6.10 Å². The summed E-state index contributed by atoms with van der Waals surface area (Å²) in [6, 6.07) is 0. The van der Waals surface area contributed by atoms with Gasteiger partial charge in [-0.15, -0.1) is 0 Å². The lowest BCUT2D eigenvalue weighted by molar-refractivity contribution is -0.155. The Morgan fingerprint density at radius 3 is 2.92 bits per heavy atom. The molecule has 0 aliphatic heterocycles. The lowest BCUT2D eigenvalue weighted by atomic mass is 9.99. The van der Waals surface area contributed by atoms with E-state index in [1.807, 2.05) is 0 Å². The molecule has 0 radical (unpaired) electrons. The average Bonchev–Trinajstić information content (AvgIpc) is 2.01. The smallest absolute Gasteiger partial charge is 0.333 e. The maximum Gasteiger partial charge on any atom is 0.333 e. The second-order valence-electron chi connectivity index (χ2n) is 2.81. The van der Waals surface area contributed by atoms with Gasteiger partial charge in [-0.1, -0.05) is 12.2 Å². The van der Waals surface area contributed by atoms with Crippen LogP contribution in [0.1, 0.15) is 19.3 Å². The number of carbonyl (C=O) groups excluding carboxylic acids is 1. The Balaban J connectivity index is 2.84. The fourth-order valence-corrected chi connectivity index (χ4v) is 1.06. The number of halogens is 2. The fraction of sp³-hybridized carbons (Fsp3) is 0.625. The number of aliphatic hydroxyl groups is 1. The number of alkyl halides is 2. The van der Waals surface area contributed by atoms with Crippen LogP contribution in [0.15, 0.2) is 12.2 Å². The number of Topliss-reactive ketones (excluding diaryl/α,β-unsaturated/α-hetero) is 1. The molecule has 12 heavy (non-hydrogen) atoms. The first kappa shape index (κ1) is 9.32. The monoisotopic (exact) mass is 176 g/mol. The predicted octanol–water partition coefficient (Wildman–Crippen LogP) is 1.29. The standard InChI is InChI=1S/C8H10F2O2/c9-8(10)6(11)4-2-1-3-5-7(8)12/h2,4,6,11H,1,3,5H2. The molecule has 1 N–H and O–H groups in total. The molecule has 1 aliphatic carbocycles. The minimum Gasteiger partial charge on any atom is -0.382 e. The normalized spacial score (nSPS) is 29.6. The molecule has 68 valence electrons. The molecule has 0 bridgehead atoms. The van der Waals surface area contributed by atoms with Gasteiger partial charge in [-0.25, -0.2) is 0 Å². The van der Waals surface area contributed by atoms with E-state index in [1.165, 1.54) is 6.08 Å². The van der Waals surface area contributed by atoms with Crippen molar-refractivity contribution in [2.45, 2.75) is 31.3 Å². The highest BCUT2D eigenvalue weighted by Gasteiger charge is 2.44. The molecule has 0 aromatic carbocycles. The molecule has 1 rings (SSSR count). The van der Waals surface area contributed by atoms with E-state index >= 15 is 0 Å². The zero-order valence-electron chi connectivity index (χ0n) is 6.46. The van der Waals surface area contributed by atoms with Crippen LogP contribution in [-0.4, -0.2) is 22.9 Å². The molecule has 0 aromatic heterocycles. The van der Waals surface area contributed by atoms with Crippen LogP contribution >= 0.6 is 0 Å². The number of allylic oxidation sites excluding steroid dienone is 1. The van der Waals surface area contributed by atoms with Crippen LogP contribution in [0.25, 0.3) is 0 Å². The van der Waals surface area contributed by atoms with Gasteiger partial charge in [0.2, 0.25) is 5.78 Å². The summed E-state index contributed by atoms with van der Waals surface area (Å²) >= 11 is 0. The van der Waals surface area contributed by atoms with Crippen molar-refractivity contribution in [2.24, 2.45) is 0 Å². The summed E-state index contributed by atoms with van der Waals surface area (Å²) in [5.74, 6) is -4.77. The molecule has 0 saturated heterocycles. The lowest BCUT2D eigenvalue weighted by Gasteiger charge is -2.19. The van der Waals surface area contributed by atoms with E-state index in [4.69, 9.17) is 5.11 Å². The quantitative estimate of drug-likeness (QED) is 0.565. The largest absolute Gasteiger partial charge is 0.382 e. The molecule has 0 spiro atoms. The molecule has 0 aromatic rings. The topological polar surface area (TPSA) is 37.3 Å². The Labute approximate surface area is 68.9 Å². The van der Waals surface area contributed by atoms with Gasteiger partial charge in [-0.3, -0.25) is 4.79 Å². The third-order valence-electron chi connectivity index (χ3n) is 1.84. The maximum atomic E-state index is 12.8. The van der Waals surface area contributed by atoms with Crippen LogP contribution in [0, 0.1) is 0 Å². The molecule has 1 aliphatic rings. The Bertz CT molecular complexity index is 211. The minimum absolute atomic E-state index is 0.158.